The van der Waals surface area contributed by atoms with Crippen LogP contribution < -0.4 is 16.4 Å². The molecule has 0 saturated carbocycles. The fourth-order valence-corrected chi connectivity index (χ4v) is 8.18. The van der Waals surface area contributed by atoms with Crippen molar-refractivity contribution < 1.29 is 80.5 Å². The van der Waals surface area contributed by atoms with Gasteiger partial charge in [-0.3, -0.25) is 32.5 Å². The van der Waals surface area contributed by atoms with Gasteiger partial charge in [-0.25, -0.2) is 28.6 Å². The third-order valence-corrected chi connectivity index (χ3v) is 11.3. The van der Waals surface area contributed by atoms with Crippen LogP contribution in [0, 0.1) is 5.41 Å². The van der Waals surface area contributed by atoms with Crippen LogP contribution in [0.5, 0.6) is 0 Å². The second-order valence-electron chi connectivity index (χ2n) is 12.0. The molecule has 0 aliphatic carbocycles. The van der Waals surface area contributed by atoms with Crippen LogP contribution in [0.2, 0.25) is 0 Å². The number of phosphoric ester groups is 3. The zero-order chi connectivity index (χ0) is 39.8. The van der Waals surface area contributed by atoms with Crippen LogP contribution in [0.4, 0.5) is 5.82 Å². The predicted molar refractivity (Wildman–Crippen MR) is 182 cm³/mol. The summed E-state index contributed by atoms with van der Waals surface area (Å²) in [6.07, 6.45) is -5.73. The third kappa shape index (κ3) is 13.7. The molecule has 1 fully saturated rings. The van der Waals surface area contributed by atoms with E-state index in [4.69, 9.17) is 19.5 Å². The number of nitrogen functional groups attached to an aromatic ring is 1. The van der Waals surface area contributed by atoms with E-state index in [9.17, 15) is 57.9 Å². The summed E-state index contributed by atoms with van der Waals surface area (Å²) < 4.78 is 61.9. The maximum atomic E-state index is 12.6. The molecule has 7 atom stereocenters. The largest absolute Gasteiger partial charge is 0.481 e. The number of thioether (sulfide) groups is 1. The Labute approximate surface area is 306 Å². The zero-order valence-corrected chi connectivity index (χ0v) is 32.0. The minimum absolute atomic E-state index is 0.0127. The van der Waals surface area contributed by atoms with E-state index in [0.717, 1.165) is 35.4 Å². The molecule has 0 spiro atoms. The number of nitrogens with one attached hydrogen (secondary N) is 2. The summed E-state index contributed by atoms with van der Waals surface area (Å²) in [6, 6.07) is 0. The molecule has 3 heterocycles. The van der Waals surface area contributed by atoms with Crippen LogP contribution in [0.15, 0.2) is 12.7 Å². The number of hydrogen-bond donors (Lipinski definition) is 9. The highest BCUT2D eigenvalue weighted by molar-refractivity contribution is 8.13. The van der Waals surface area contributed by atoms with Gasteiger partial charge < -0.3 is 50.9 Å². The number of phosphoric acid groups is 3. The van der Waals surface area contributed by atoms with Gasteiger partial charge in [-0.05, 0) is 6.42 Å². The average molecular weight is 838 g/mol. The molecule has 1 aliphatic rings. The number of aromatic nitrogens is 4. The van der Waals surface area contributed by atoms with Gasteiger partial charge in [0.25, 0.3) is 0 Å². The molecule has 2 amide bonds. The average Bonchev–Trinajstić information content (AvgIpc) is 3.61. The summed E-state index contributed by atoms with van der Waals surface area (Å²) in [5, 5.41) is 26.3. The van der Waals surface area contributed by atoms with Crippen molar-refractivity contribution in [2.45, 2.75) is 70.7 Å². The number of nitrogens with zero attached hydrogens (tertiary/aromatic N) is 4. The Morgan fingerprint density at radius 2 is 1.74 bits per heavy atom. The van der Waals surface area contributed by atoms with Gasteiger partial charge in [0.05, 0.1) is 19.5 Å². The number of imidazole rings is 1. The van der Waals surface area contributed by atoms with Gasteiger partial charge in [0.2, 0.25) is 11.8 Å². The Bertz CT molecular complexity index is 1750. The fourth-order valence-electron chi connectivity index (χ4n) is 4.57. The Kier molecular flexibility index (Phi) is 16.1. The molecule has 0 aromatic carbocycles. The Morgan fingerprint density at radius 3 is 2.40 bits per heavy atom. The molecule has 1 aliphatic heterocycles. The minimum atomic E-state index is -5.56. The SMILES string of the molecule is CCCC(=O)SCCNC(=O)CCNC(=O)[C@H](O)C(C)(C)COP(=O)(O)OP(=O)(O)OC[C@H]1O[C@@H](n2cnc3c(N)ncnc32)[C@H](O)[C@@H]1OP(=O)(O)O. The number of hydrogen-bond acceptors (Lipinski definition) is 18. The smallest absolute Gasteiger partial charge is 0.386 e. The van der Waals surface area contributed by atoms with Crippen molar-refractivity contribution in [3.8, 4) is 0 Å². The molecule has 1 saturated heterocycles. The highest BCUT2D eigenvalue weighted by Gasteiger charge is 2.50. The molecular formula is C25H42N7O17P3S. The van der Waals surface area contributed by atoms with Crippen molar-refractivity contribution in [2.75, 3.05) is 37.8 Å². The lowest BCUT2D eigenvalue weighted by atomic mass is 9.87. The highest BCUT2D eigenvalue weighted by Crippen LogP contribution is 2.61. The molecule has 28 heteroatoms. The first kappa shape index (κ1) is 45.0. The van der Waals surface area contributed by atoms with E-state index in [1.807, 2.05) is 6.92 Å². The number of aliphatic hydroxyl groups is 2. The number of rotatable bonds is 21. The van der Waals surface area contributed by atoms with Crippen LogP contribution in [-0.4, -0.2) is 123 Å². The second kappa shape index (κ2) is 18.9. The molecule has 53 heavy (non-hydrogen) atoms. The quantitative estimate of drug-likeness (QED) is 0.0563. The first-order valence-electron chi connectivity index (χ1n) is 15.6. The number of nitrogens with two attached hydrogens (primary N) is 1. The number of ether oxygens (including phenoxy) is 1. The van der Waals surface area contributed by atoms with Crippen molar-refractivity contribution in [1.82, 2.24) is 30.2 Å². The van der Waals surface area contributed by atoms with E-state index < -0.39 is 84.6 Å². The fraction of sp³-hybridized carbons (Fsp3) is 0.680. The third-order valence-electron chi connectivity index (χ3n) is 7.22. The molecule has 24 nitrogen and oxygen atoms in total. The van der Waals surface area contributed by atoms with Gasteiger partial charge in [-0.15, -0.1) is 0 Å². The van der Waals surface area contributed by atoms with E-state index in [1.54, 1.807) is 0 Å². The van der Waals surface area contributed by atoms with E-state index in [-0.39, 0.29) is 41.6 Å². The molecule has 2 unspecified atom stereocenters. The lowest BCUT2D eigenvalue weighted by molar-refractivity contribution is -0.137. The lowest BCUT2D eigenvalue weighted by Crippen LogP contribution is -2.46. The van der Waals surface area contributed by atoms with Crippen LogP contribution in [-0.2, 0) is 50.7 Å². The van der Waals surface area contributed by atoms with Crippen molar-refractivity contribution >= 4 is 69.1 Å². The highest BCUT2D eigenvalue weighted by atomic mass is 32.2. The summed E-state index contributed by atoms with van der Waals surface area (Å²) in [4.78, 5) is 86.8. The van der Waals surface area contributed by atoms with Crippen molar-refractivity contribution in [2.24, 2.45) is 5.41 Å². The standard InChI is InChI=1S/C25H42N7O17P3S/c1-4-5-16(34)53-9-8-27-15(33)6-7-28-23(37)20(36)25(2,3)11-46-52(43,44)49-51(41,42)45-10-14-19(48-50(38,39)40)18(35)24(47-14)32-13-31-17-21(26)29-12-30-22(17)32/h12-14,18-20,24,35-36H,4-11H2,1-3H3,(H,27,33)(H,28,37)(H,41,42)(H,43,44)(H2,26,29,30)(H2,38,39,40)/t14-,18-,19-,20+,24-/m1/s1. The normalized spacial score (nSPS) is 22.2. The van der Waals surface area contributed by atoms with Gasteiger partial charge in [-0.1, -0.05) is 32.5 Å². The number of fused-ring (bicyclic) bond motifs is 1. The van der Waals surface area contributed by atoms with Gasteiger partial charge in [0.15, 0.2) is 22.8 Å². The summed E-state index contributed by atoms with van der Waals surface area (Å²) in [5.74, 6) is -1.06. The van der Waals surface area contributed by atoms with Crippen molar-refractivity contribution in [3.05, 3.63) is 12.7 Å². The van der Waals surface area contributed by atoms with E-state index in [0.29, 0.717) is 12.2 Å². The molecule has 300 valence electrons. The maximum Gasteiger partial charge on any atom is 0.481 e. The summed E-state index contributed by atoms with van der Waals surface area (Å²) in [7, 11) is -16.4. The molecule has 10 N–H and O–H groups in total. The number of amides is 2. The minimum Gasteiger partial charge on any atom is -0.386 e. The van der Waals surface area contributed by atoms with E-state index >= 15 is 0 Å². The number of carbonyl (C=O) groups excluding carboxylic acids is 3. The molecule has 2 aromatic heterocycles. The van der Waals surface area contributed by atoms with Gasteiger partial charge in [-0.2, -0.15) is 4.31 Å². The Hall–Kier alpha value is -2.44. The molecule has 0 bridgehead atoms. The van der Waals surface area contributed by atoms with Gasteiger partial charge in [0.1, 0.15) is 36.3 Å². The molecular weight excluding hydrogens is 795 g/mol. The van der Waals surface area contributed by atoms with Crippen LogP contribution in [0.25, 0.3) is 11.2 Å². The topological polar surface area (TPSA) is 364 Å². The van der Waals surface area contributed by atoms with Crippen molar-refractivity contribution in [1.29, 1.82) is 0 Å². The molecule has 3 rings (SSSR count). The summed E-state index contributed by atoms with van der Waals surface area (Å²) >= 11 is 1.09. The van der Waals surface area contributed by atoms with E-state index in [2.05, 4.69) is 34.4 Å². The molecule has 2 aromatic rings. The first-order valence-corrected chi connectivity index (χ1v) is 21.1. The number of aliphatic hydroxyl groups excluding tert-OH is 2. The van der Waals surface area contributed by atoms with E-state index in [1.165, 1.54) is 13.8 Å². The van der Waals surface area contributed by atoms with Crippen LogP contribution >= 0.6 is 35.2 Å². The monoisotopic (exact) mass is 837 g/mol. The van der Waals surface area contributed by atoms with Crippen LogP contribution in [0.3, 0.4) is 0 Å². The second-order valence-corrected chi connectivity index (χ2v) is 17.4. The summed E-state index contributed by atoms with van der Waals surface area (Å²) in [5.41, 5.74) is 4.27. The zero-order valence-electron chi connectivity index (χ0n) is 28.5. The first-order chi connectivity index (χ1) is 24.6. The lowest BCUT2D eigenvalue weighted by Gasteiger charge is -2.30. The van der Waals surface area contributed by atoms with Crippen molar-refractivity contribution in [3.63, 3.8) is 0 Å². The summed E-state index contributed by atoms with van der Waals surface area (Å²) in [6.45, 7) is 2.41. The Morgan fingerprint density at radius 1 is 1.06 bits per heavy atom. The van der Waals surface area contributed by atoms with Gasteiger partial charge in [0, 0.05) is 37.1 Å². The van der Waals surface area contributed by atoms with Gasteiger partial charge >= 0.3 is 23.5 Å². The number of anilines is 1. The number of carbonyl (C=O) groups is 3. The van der Waals surface area contributed by atoms with Crippen LogP contribution in [0.1, 0.15) is 46.3 Å². The predicted octanol–water partition coefficient (Wildman–Crippen LogP) is -0.535. The maximum absolute atomic E-state index is 12.6. The molecule has 0 radical (unpaired) electrons. The Balaban J connectivity index is 1.52.